The Hall–Kier alpha value is -2.73. The van der Waals surface area contributed by atoms with E-state index in [-0.39, 0.29) is 12.8 Å². The molecule has 2 aromatic carbocycles. The Kier molecular flexibility index (Phi) is 4.16. The summed E-state index contributed by atoms with van der Waals surface area (Å²) in [5, 5.41) is 12.0. The Morgan fingerprint density at radius 1 is 0.964 bits per heavy atom. The van der Waals surface area contributed by atoms with E-state index < -0.39 is 17.9 Å². The summed E-state index contributed by atoms with van der Waals surface area (Å²) in [6.45, 7) is 0.167. The lowest BCUT2D eigenvalue weighted by Crippen LogP contribution is -2.51. The van der Waals surface area contributed by atoms with E-state index >= 15 is 0 Å². The van der Waals surface area contributed by atoms with Gasteiger partial charge in [-0.2, -0.15) is 0 Å². The van der Waals surface area contributed by atoms with Crippen LogP contribution in [0.15, 0.2) is 48.5 Å². The van der Waals surface area contributed by atoms with Crippen LogP contribution in [0.25, 0.3) is 0 Å². The van der Waals surface area contributed by atoms with Crippen LogP contribution in [0.2, 0.25) is 0 Å². The molecule has 2 fully saturated rings. The number of fused-ring (bicyclic) bond motifs is 1. The van der Waals surface area contributed by atoms with E-state index in [4.69, 9.17) is 14.2 Å². The van der Waals surface area contributed by atoms with Gasteiger partial charge in [0, 0.05) is 17.2 Å². The van der Waals surface area contributed by atoms with Gasteiger partial charge in [0.05, 0.1) is 0 Å². The van der Waals surface area contributed by atoms with E-state index in [1.807, 2.05) is 36.4 Å². The Labute approximate surface area is 163 Å². The van der Waals surface area contributed by atoms with Gasteiger partial charge in [0.1, 0.15) is 0 Å². The molecule has 6 nitrogen and oxygen atoms in total. The van der Waals surface area contributed by atoms with E-state index in [0.717, 1.165) is 32.1 Å². The van der Waals surface area contributed by atoms with E-state index in [9.17, 15) is 9.90 Å². The second-order valence-electron chi connectivity index (χ2n) is 7.63. The zero-order chi connectivity index (χ0) is 19.1. The summed E-state index contributed by atoms with van der Waals surface area (Å²) in [5.41, 5.74) is -0.245. The lowest BCUT2D eigenvalue weighted by molar-refractivity contribution is -0.126. The molecule has 1 saturated carbocycles. The molecule has 2 atom stereocenters. The number of ether oxygens (including phenoxy) is 3. The van der Waals surface area contributed by atoms with Gasteiger partial charge in [-0.15, -0.1) is 0 Å². The Morgan fingerprint density at radius 2 is 1.71 bits per heavy atom. The molecule has 0 radical (unpaired) electrons. The van der Waals surface area contributed by atoms with Crippen LogP contribution in [0.5, 0.6) is 11.5 Å². The third kappa shape index (κ3) is 2.63. The number of aliphatic hydroxyl groups is 1. The molecule has 2 unspecified atom stereocenters. The smallest absolute Gasteiger partial charge is 0.413 e. The number of nitrogens with zero attached hydrogens (tertiary/aromatic N) is 1. The molecule has 2 aliphatic heterocycles. The number of cyclic esters (lactones) is 1. The van der Waals surface area contributed by atoms with Crippen LogP contribution >= 0.6 is 0 Å². The molecule has 146 valence electrons. The molecule has 0 bridgehead atoms. The number of carbonyl (C=O) groups excluding carboxylic acids is 1. The summed E-state index contributed by atoms with van der Waals surface area (Å²) in [5.74, 6) is 1.25. The predicted octanol–water partition coefficient (Wildman–Crippen LogP) is 4.09. The number of carbonyl (C=O) groups is 1. The van der Waals surface area contributed by atoms with Crippen LogP contribution in [0.4, 0.5) is 4.79 Å². The van der Waals surface area contributed by atoms with E-state index in [2.05, 4.69) is 0 Å². The third-order valence-corrected chi connectivity index (χ3v) is 5.99. The van der Waals surface area contributed by atoms with Crippen LogP contribution in [0.1, 0.15) is 49.3 Å². The average molecular weight is 381 g/mol. The lowest BCUT2D eigenvalue weighted by atomic mass is 9.87. The number of amides is 1. The first kappa shape index (κ1) is 17.4. The van der Waals surface area contributed by atoms with Gasteiger partial charge in [0.15, 0.2) is 17.6 Å². The monoisotopic (exact) mass is 381 g/mol. The van der Waals surface area contributed by atoms with Crippen LogP contribution in [0, 0.1) is 0 Å². The molecule has 2 aromatic rings. The molecular formula is C22H23NO5. The zero-order valence-corrected chi connectivity index (χ0v) is 15.5. The lowest BCUT2D eigenvalue weighted by Gasteiger charge is -2.40. The van der Waals surface area contributed by atoms with Gasteiger partial charge >= 0.3 is 6.09 Å². The minimum absolute atomic E-state index is 0.0366. The zero-order valence-electron chi connectivity index (χ0n) is 15.5. The Morgan fingerprint density at radius 3 is 2.50 bits per heavy atom. The second kappa shape index (κ2) is 6.71. The van der Waals surface area contributed by atoms with Crippen molar-refractivity contribution in [3.63, 3.8) is 0 Å². The molecule has 2 heterocycles. The van der Waals surface area contributed by atoms with Gasteiger partial charge < -0.3 is 19.3 Å². The van der Waals surface area contributed by atoms with Crippen molar-refractivity contribution >= 4 is 6.09 Å². The minimum atomic E-state index is -1.58. The molecule has 0 aromatic heterocycles. The van der Waals surface area contributed by atoms with Crippen molar-refractivity contribution in [1.82, 2.24) is 4.90 Å². The van der Waals surface area contributed by atoms with E-state index in [1.165, 1.54) is 0 Å². The number of hydrogen-bond acceptors (Lipinski definition) is 5. The quantitative estimate of drug-likeness (QED) is 0.867. The van der Waals surface area contributed by atoms with Crippen LogP contribution < -0.4 is 9.47 Å². The Balaban J connectivity index is 1.60. The predicted molar refractivity (Wildman–Crippen MR) is 101 cm³/mol. The van der Waals surface area contributed by atoms with Gasteiger partial charge in [-0.25, -0.2) is 4.79 Å². The minimum Gasteiger partial charge on any atom is -0.454 e. The maximum atomic E-state index is 13.0. The standard InChI is InChI=1S/C22H23NO5/c24-21-23(17-9-5-2-6-10-17)22(25,16-7-3-1-4-8-16)20(28-21)15-11-12-18-19(13-15)27-14-26-18/h1,3-4,7-8,11-13,17,20,25H,2,5-6,9-10,14H2. The maximum absolute atomic E-state index is 13.0. The SMILES string of the molecule is O=C1OC(c2ccc3c(c2)OCO3)C(O)(c2ccccc2)N1C1CCCCC1. The molecule has 28 heavy (non-hydrogen) atoms. The fourth-order valence-corrected chi connectivity index (χ4v) is 4.62. The summed E-state index contributed by atoms with van der Waals surface area (Å²) >= 11 is 0. The Bertz CT molecular complexity index is 880. The van der Waals surface area contributed by atoms with E-state index in [0.29, 0.717) is 22.6 Å². The van der Waals surface area contributed by atoms with Crippen LogP contribution in [-0.2, 0) is 10.5 Å². The summed E-state index contributed by atoms with van der Waals surface area (Å²) in [6.07, 6.45) is 3.69. The number of rotatable bonds is 3. The first-order chi connectivity index (χ1) is 13.7. The van der Waals surface area contributed by atoms with Crippen molar-refractivity contribution in [1.29, 1.82) is 0 Å². The van der Waals surface area contributed by atoms with E-state index in [1.54, 1.807) is 17.0 Å². The summed E-state index contributed by atoms with van der Waals surface area (Å²) in [7, 11) is 0. The molecule has 6 heteroatoms. The highest BCUT2D eigenvalue weighted by Gasteiger charge is 2.58. The first-order valence-electron chi connectivity index (χ1n) is 9.85. The molecule has 1 aliphatic carbocycles. The summed E-state index contributed by atoms with van der Waals surface area (Å²) < 4.78 is 16.7. The average Bonchev–Trinajstić information content (AvgIpc) is 3.31. The van der Waals surface area contributed by atoms with Gasteiger partial charge in [-0.05, 0) is 25.0 Å². The van der Waals surface area contributed by atoms with Gasteiger partial charge in [0.25, 0.3) is 0 Å². The van der Waals surface area contributed by atoms with Crippen LogP contribution in [0.3, 0.4) is 0 Å². The number of benzene rings is 2. The van der Waals surface area contributed by atoms with Crippen molar-refractivity contribution < 1.29 is 24.1 Å². The molecular weight excluding hydrogens is 358 g/mol. The van der Waals surface area contributed by atoms with Gasteiger partial charge in [0.2, 0.25) is 12.5 Å². The number of hydrogen-bond donors (Lipinski definition) is 1. The normalized spacial score (nSPS) is 27.1. The molecule has 1 N–H and O–H groups in total. The summed E-state index contributed by atoms with van der Waals surface area (Å²) in [4.78, 5) is 14.5. The van der Waals surface area contributed by atoms with Crippen molar-refractivity contribution in [3.8, 4) is 11.5 Å². The van der Waals surface area contributed by atoms with Crippen LogP contribution in [-0.4, -0.2) is 28.9 Å². The molecule has 0 spiro atoms. The summed E-state index contributed by atoms with van der Waals surface area (Å²) in [6, 6.07) is 14.7. The molecule has 5 rings (SSSR count). The topological polar surface area (TPSA) is 68.2 Å². The third-order valence-electron chi connectivity index (χ3n) is 5.99. The first-order valence-corrected chi connectivity index (χ1v) is 9.85. The van der Waals surface area contributed by atoms with Crippen molar-refractivity contribution in [3.05, 3.63) is 59.7 Å². The largest absolute Gasteiger partial charge is 0.454 e. The van der Waals surface area contributed by atoms with Crippen molar-refractivity contribution in [2.45, 2.75) is 50.0 Å². The highest BCUT2D eigenvalue weighted by molar-refractivity contribution is 5.73. The fraction of sp³-hybridized carbons (Fsp3) is 0.409. The van der Waals surface area contributed by atoms with Crippen molar-refractivity contribution in [2.75, 3.05) is 6.79 Å². The maximum Gasteiger partial charge on any atom is 0.413 e. The highest BCUT2D eigenvalue weighted by atomic mass is 16.7. The highest BCUT2D eigenvalue weighted by Crippen LogP contribution is 2.50. The fourth-order valence-electron chi connectivity index (χ4n) is 4.62. The van der Waals surface area contributed by atoms with Gasteiger partial charge in [-0.1, -0.05) is 55.7 Å². The molecule has 1 saturated heterocycles. The molecule has 3 aliphatic rings. The van der Waals surface area contributed by atoms with Crippen molar-refractivity contribution in [2.24, 2.45) is 0 Å². The van der Waals surface area contributed by atoms with Gasteiger partial charge in [-0.3, -0.25) is 4.90 Å². The molecule has 1 amide bonds. The second-order valence-corrected chi connectivity index (χ2v) is 7.63.